The molecule has 0 aromatic carbocycles. The summed E-state index contributed by atoms with van der Waals surface area (Å²) in [6.07, 6.45) is 8.17. The lowest BCUT2D eigenvalue weighted by atomic mass is 9.99. The van der Waals surface area contributed by atoms with Crippen LogP contribution in [0.1, 0.15) is 58.8 Å². The van der Waals surface area contributed by atoms with Gasteiger partial charge in [-0.2, -0.15) is 0 Å². The molecular weight excluding hydrogens is 186 g/mol. The largest absolute Gasteiger partial charge is 0.343 e. The molecule has 15 heavy (non-hydrogen) atoms. The highest BCUT2D eigenvalue weighted by molar-refractivity contribution is 5.76. The minimum atomic E-state index is 0.387. The minimum Gasteiger partial charge on any atom is -0.343 e. The summed E-state index contributed by atoms with van der Waals surface area (Å²) in [5.74, 6) is 0.956. The van der Waals surface area contributed by atoms with E-state index < -0.39 is 0 Å². The Kier molecular flexibility index (Phi) is 5.74. The third-order valence-corrected chi connectivity index (χ3v) is 3.28. The quantitative estimate of drug-likeness (QED) is 0.683. The van der Waals surface area contributed by atoms with Crippen molar-refractivity contribution in [1.29, 1.82) is 0 Å². The van der Waals surface area contributed by atoms with E-state index in [9.17, 15) is 4.79 Å². The molecule has 0 radical (unpaired) electrons. The van der Waals surface area contributed by atoms with Gasteiger partial charge in [-0.15, -0.1) is 0 Å². The van der Waals surface area contributed by atoms with E-state index in [2.05, 4.69) is 18.7 Å². The zero-order valence-electron chi connectivity index (χ0n) is 10.3. The summed E-state index contributed by atoms with van der Waals surface area (Å²) in [6, 6.07) is 0. The van der Waals surface area contributed by atoms with E-state index in [4.69, 9.17) is 0 Å². The fourth-order valence-electron chi connectivity index (χ4n) is 2.23. The highest BCUT2D eigenvalue weighted by Gasteiger charge is 2.18. The molecular formula is C13H25NO. The summed E-state index contributed by atoms with van der Waals surface area (Å²) in [7, 11) is 0. The lowest BCUT2D eigenvalue weighted by Gasteiger charge is -2.27. The number of unbranched alkanes of at least 4 members (excludes halogenated alkanes) is 1. The van der Waals surface area contributed by atoms with Crippen molar-refractivity contribution in [2.75, 3.05) is 13.1 Å². The Bertz CT molecular complexity index is 185. The van der Waals surface area contributed by atoms with Crippen LogP contribution in [-0.2, 0) is 4.79 Å². The van der Waals surface area contributed by atoms with Crippen LogP contribution in [0.15, 0.2) is 0 Å². The van der Waals surface area contributed by atoms with Crippen molar-refractivity contribution in [2.24, 2.45) is 5.92 Å². The number of carbonyl (C=O) groups is 1. The van der Waals surface area contributed by atoms with Crippen LogP contribution in [0, 0.1) is 5.92 Å². The van der Waals surface area contributed by atoms with Crippen LogP contribution in [0.2, 0.25) is 0 Å². The van der Waals surface area contributed by atoms with Crippen LogP contribution in [0.4, 0.5) is 0 Å². The molecule has 0 aromatic heterocycles. The molecule has 0 spiro atoms. The Labute approximate surface area is 94.0 Å². The number of likely N-dealkylation sites (tertiary alicyclic amines) is 1. The fourth-order valence-corrected chi connectivity index (χ4v) is 2.23. The van der Waals surface area contributed by atoms with Crippen molar-refractivity contribution in [3.8, 4) is 0 Å². The number of hydrogen-bond donors (Lipinski definition) is 0. The first-order valence-corrected chi connectivity index (χ1v) is 6.51. The second-order valence-electron chi connectivity index (χ2n) is 4.89. The van der Waals surface area contributed by atoms with Gasteiger partial charge in [0.25, 0.3) is 0 Å². The summed E-state index contributed by atoms with van der Waals surface area (Å²) < 4.78 is 0. The standard InChI is InChI=1S/C13H25NO/c1-3-4-8-12(2)11-13(15)14-9-6-5-7-10-14/h12H,3-11H2,1-2H3. The van der Waals surface area contributed by atoms with E-state index in [0.29, 0.717) is 11.8 Å². The molecule has 2 heteroatoms. The predicted octanol–water partition coefficient (Wildman–Crippen LogP) is 3.22. The highest BCUT2D eigenvalue weighted by atomic mass is 16.2. The number of amides is 1. The SMILES string of the molecule is CCCCC(C)CC(=O)N1CCCCC1. The molecule has 88 valence electrons. The topological polar surface area (TPSA) is 20.3 Å². The molecule has 1 saturated heterocycles. The number of nitrogens with zero attached hydrogens (tertiary/aromatic N) is 1. The average Bonchev–Trinajstić information content (AvgIpc) is 2.27. The molecule has 0 aromatic rings. The van der Waals surface area contributed by atoms with Crippen molar-refractivity contribution in [3.63, 3.8) is 0 Å². The van der Waals surface area contributed by atoms with Gasteiger partial charge < -0.3 is 4.90 Å². The van der Waals surface area contributed by atoms with Crippen molar-refractivity contribution in [1.82, 2.24) is 4.90 Å². The summed E-state index contributed by atoms with van der Waals surface area (Å²) in [5, 5.41) is 0. The van der Waals surface area contributed by atoms with Crippen LogP contribution in [0.5, 0.6) is 0 Å². The second-order valence-corrected chi connectivity index (χ2v) is 4.89. The van der Waals surface area contributed by atoms with Crippen LogP contribution < -0.4 is 0 Å². The maximum atomic E-state index is 11.9. The van der Waals surface area contributed by atoms with Crippen LogP contribution in [-0.4, -0.2) is 23.9 Å². The molecule has 1 unspecified atom stereocenters. The maximum absolute atomic E-state index is 11.9. The molecule has 1 fully saturated rings. The zero-order chi connectivity index (χ0) is 11.1. The van der Waals surface area contributed by atoms with Gasteiger partial charge in [0.2, 0.25) is 5.91 Å². The van der Waals surface area contributed by atoms with Crippen molar-refractivity contribution < 1.29 is 4.79 Å². The van der Waals surface area contributed by atoms with Gasteiger partial charge >= 0.3 is 0 Å². The lowest BCUT2D eigenvalue weighted by molar-refractivity contribution is -0.133. The molecule has 0 saturated carbocycles. The van der Waals surface area contributed by atoms with Crippen LogP contribution in [0.3, 0.4) is 0 Å². The molecule has 0 N–H and O–H groups in total. The second kappa shape index (κ2) is 6.86. The van der Waals surface area contributed by atoms with Gasteiger partial charge in [-0.25, -0.2) is 0 Å². The average molecular weight is 211 g/mol. The molecule has 2 nitrogen and oxygen atoms in total. The Morgan fingerprint density at radius 3 is 2.53 bits per heavy atom. The first-order chi connectivity index (χ1) is 7.24. The van der Waals surface area contributed by atoms with Crippen molar-refractivity contribution in [2.45, 2.75) is 58.8 Å². The highest BCUT2D eigenvalue weighted by Crippen LogP contribution is 2.16. The van der Waals surface area contributed by atoms with E-state index >= 15 is 0 Å². The van der Waals surface area contributed by atoms with Crippen molar-refractivity contribution in [3.05, 3.63) is 0 Å². The molecule has 0 bridgehead atoms. The molecule has 1 heterocycles. The Balaban J connectivity index is 2.21. The number of rotatable bonds is 5. The van der Waals surface area contributed by atoms with Crippen LogP contribution in [0.25, 0.3) is 0 Å². The third-order valence-electron chi connectivity index (χ3n) is 3.28. The van der Waals surface area contributed by atoms with E-state index in [1.54, 1.807) is 0 Å². The number of piperidine rings is 1. The van der Waals surface area contributed by atoms with Gasteiger partial charge in [0, 0.05) is 19.5 Å². The van der Waals surface area contributed by atoms with Gasteiger partial charge in [-0.1, -0.05) is 33.1 Å². The van der Waals surface area contributed by atoms with Gasteiger partial charge in [0.15, 0.2) is 0 Å². The minimum absolute atomic E-state index is 0.387. The van der Waals surface area contributed by atoms with Crippen molar-refractivity contribution >= 4 is 5.91 Å². The van der Waals surface area contributed by atoms with Crippen LogP contribution >= 0.6 is 0 Å². The van der Waals surface area contributed by atoms with Gasteiger partial charge in [-0.05, 0) is 25.2 Å². The number of hydrogen-bond acceptors (Lipinski definition) is 1. The number of carbonyl (C=O) groups excluding carboxylic acids is 1. The van der Waals surface area contributed by atoms with E-state index in [1.165, 1.54) is 38.5 Å². The molecule has 1 amide bonds. The first kappa shape index (κ1) is 12.5. The van der Waals surface area contributed by atoms with Gasteiger partial charge in [0.1, 0.15) is 0 Å². The summed E-state index contributed by atoms with van der Waals surface area (Å²) in [5.41, 5.74) is 0. The first-order valence-electron chi connectivity index (χ1n) is 6.51. The molecule has 0 aliphatic carbocycles. The molecule has 1 aliphatic heterocycles. The monoisotopic (exact) mass is 211 g/mol. The Morgan fingerprint density at radius 2 is 1.93 bits per heavy atom. The summed E-state index contributed by atoms with van der Waals surface area (Å²) in [6.45, 7) is 6.41. The summed E-state index contributed by atoms with van der Waals surface area (Å²) in [4.78, 5) is 14.0. The molecule has 1 atom stereocenters. The maximum Gasteiger partial charge on any atom is 0.222 e. The smallest absolute Gasteiger partial charge is 0.222 e. The Hall–Kier alpha value is -0.530. The normalized spacial score (nSPS) is 18.9. The lowest BCUT2D eigenvalue weighted by Crippen LogP contribution is -2.36. The molecule has 1 aliphatic rings. The van der Waals surface area contributed by atoms with E-state index in [-0.39, 0.29) is 0 Å². The van der Waals surface area contributed by atoms with E-state index in [0.717, 1.165) is 19.5 Å². The molecule has 1 rings (SSSR count). The van der Waals surface area contributed by atoms with Gasteiger partial charge in [-0.3, -0.25) is 4.79 Å². The Morgan fingerprint density at radius 1 is 1.27 bits per heavy atom. The summed E-state index contributed by atoms with van der Waals surface area (Å²) >= 11 is 0. The van der Waals surface area contributed by atoms with E-state index in [1.807, 2.05) is 0 Å². The predicted molar refractivity (Wildman–Crippen MR) is 63.7 cm³/mol. The third kappa shape index (κ3) is 4.67. The van der Waals surface area contributed by atoms with Gasteiger partial charge in [0.05, 0.1) is 0 Å². The fraction of sp³-hybridized carbons (Fsp3) is 0.923. The zero-order valence-corrected chi connectivity index (χ0v) is 10.3.